The van der Waals surface area contributed by atoms with Crippen molar-refractivity contribution in [2.24, 2.45) is 0 Å². The molecule has 4 heteroatoms. The summed E-state index contributed by atoms with van der Waals surface area (Å²) in [5.74, 6) is 6.78. The van der Waals surface area contributed by atoms with Gasteiger partial charge in [0.2, 0.25) is 5.91 Å². The predicted molar refractivity (Wildman–Crippen MR) is 79.9 cm³/mol. The van der Waals surface area contributed by atoms with Gasteiger partial charge in [0.1, 0.15) is 0 Å². The van der Waals surface area contributed by atoms with E-state index < -0.39 is 0 Å². The molecular formula is C15H19NO2S. The first kappa shape index (κ1) is 15.6. The topological polar surface area (TPSA) is 49.3 Å². The van der Waals surface area contributed by atoms with Gasteiger partial charge >= 0.3 is 0 Å². The van der Waals surface area contributed by atoms with Crippen LogP contribution in [0.2, 0.25) is 0 Å². The van der Waals surface area contributed by atoms with E-state index in [4.69, 9.17) is 5.11 Å². The van der Waals surface area contributed by atoms with E-state index in [0.29, 0.717) is 19.4 Å². The summed E-state index contributed by atoms with van der Waals surface area (Å²) < 4.78 is 0. The van der Waals surface area contributed by atoms with Crippen LogP contribution in [0, 0.1) is 11.8 Å². The van der Waals surface area contributed by atoms with Gasteiger partial charge in [-0.25, -0.2) is 0 Å². The number of aliphatic hydroxyl groups is 1. The van der Waals surface area contributed by atoms with Crippen LogP contribution in [0.4, 0.5) is 0 Å². The molecule has 0 aliphatic carbocycles. The first-order chi connectivity index (χ1) is 9.26. The first-order valence-corrected chi connectivity index (χ1v) is 7.60. The zero-order valence-corrected chi connectivity index (χ0v) is 11.9. The van der Waals surface area contributed by atoms with Gasteiger partial charge in [0, 0.05) is 30.7 Å². The normalized spacial score (nSPS) is 9.58. The van der Waals surface area contributed by atoms with E-state index in [1.54, 1.807) is 11.8 Å². The van der Waals surface area contributed by atoms with Crippen LogP contribution in [0.15, 0.2) is 24.3 Å². The Hall–Kier alpha value is -1.44. The molecule has 0 heterocycles. The van der Waals surface area contributed by atoms with Gasteiger partial charge in [0.15, 0.2) is 0 Å². The minimum Gasteiger partial charge on any atom is -0.395 e. The van der Waals surface area contributed by atoms with Crippen molar-refractivity contribution in [1.29, 1.82) is 0 Å². The fraction of sp³-hybridized carbons (Fsp3) is 0.400. The Balaban J connectivity index is 2.49. The molecule has 0 aliphatic heterocycles. The van der Waals surface area contributed by atoms with E-state index in [1.165, 1.54) is 0 Å². The van der Waals surface area contributed by atoms with E-state index in [0.717, 1.165) is 16.9 Å². The smallest absolute Gasteiger partial charge is 0.221 e. The van der Waals surface area contributed by atoms with E-state index in [2.05, 4.69) is 17.2 Å². The van der Waals surface area contributed by atoms with Gasteiger partial charge in [0.05, 0.1) is 6.61 Å². The Labute approximate surface area is 118 Å². The highest BCUT2D eigenvalue weighted by Gasteiger charge is 2.00. The lowest BCUT2D eigenvalue weighted by Gasteiger charge is -2.05. The maximum absolute atomic E-state index is 11.5. The molecule has 0 atom stereocenters. The molecule has 1 rings (SSSR count). The van der Waals surface area contributed by atoms with E-state index in [-0.39, 0.29) is 12.5 Å². The van der Waals surface area contributed by atoms with Crippen molar-refractivity contribution in [1.82, 2.24) is 5.32 Å². The second-order valence-electron chi connectivity index (χ2n) is 4.00. The molecule has 0 fully saturated rings. The molecule has 1 aromatic rings. The van der Waals surface area contributed by atoms with Crippen molar-refractivity contribution < 1.29 is 9.90 Å². The Morgan fingerprint density at radius 2 is 2.32 bits per heavy atom. The van der Waals surface area contributed by atoms with Crippen LogP contribution >= 0.6 is 11.8 Å². The Morgan fingerprint density at radius 3 is 3.05 bits per heavy atom. The van der Waals surface area contributed by atoms with Gasteiger partial charge in [-0.3, -0.25) is 4.79 Å². The van der Waals surface area contributed by atoms with Crippen LogP contribution in [0.5, 0.6) is 0 Å². The van der Waals surface area contributed by atoms with Gasteiger partial charge in [-0.2, -0.15) is 11.8 Å². The molecule has 0 spiro atoms. The highest BCUT2D eigenvalue weighted by atomic mass is 32.2. The maximum Gasteiger partial charge on any atom is 0.221 e. The molecule has 0 bridgehead atoms. The summed E-state index contributed by atoms with van der Waals surface area (Å²) in [6, 6.07) is 7.76. The van der Waals surface area contributed by atoms with Crippen LogP contribution in [0.25, 0.3) is 0 Å². The van der Waals surface area contributed by atoms with Crippen molar-refractivity contribution >= 4 is 17.7 Å². The van der Waals surface area contributed by atoms with Gasteiger partial charge in [-0.1, -0.05) is 24.0 Å². The number of nitrogens with one attached hydrogen (secondary N) is 1. The van der Waals surface area contributed by atoms with Gasteiger partial charge in [-0.15, -0.1) is 0 Å². The van der Waals surface area contributed by atoms with Crippen molar-refractivity contribution in [3.8, 4) is 11.8 Å². The van der Waals surface area contributed by atoms with Crippen molar-refractivity contribution in [2.75, 3.05) is 18.6 Å². The van der Waals surface area contributed by atoms with Crippen molar-refractivity contribution in [3.05, 3.63) is 35.4 Å². The quantitative estimate of drug-likeness (QED) is 0.779. The summed E-state index contributed by atoms with van der Waals surface area (Å²) in [5.41, 5.74) is 1.94. The third-order valence-electron chi connectivity index (χ3n) is 2.42. The number of amides is 1. The second kappa shape index (κ2) is 9.48. The summed E-state index contributed by atoms with van der Waals surface area (Å²) in [6.45, 7) is 0.612. The van der Waals surface area contributed by atoms with Crippen LogP contribution in [0.3, 0.4) is 0 Å². The van der Waals surface area contributed by atoms with Crippen molar-refractivity contribution in [3.63, 3.8) is 0 Å². The highest BCUT2D eigenvalue weighted by Crippen LogP contribution is 2.04. The second-order valence-corrected chi connectivity index (χ2v) is 4.98. The molecule has 102 valence electrons. The maximum atomic E-state index is 11.5. The van der Waals surface area contributed by atoms with E-state index in [9.17, 15) is 4.79 Å². The lowest BCUT2D eigenvalue weighted by molar-refractivity contribution is -0.120. The SMILES string of the molecule is CSCCC(=O)NCc1cccc(C#CCCO)c1. The van der Waals surface area contributed by atoms with Crippen LogP contribution in [-0.2, 0) is 11.3 Å². The number of carbonyl (C=O) groups excluding carboxylic acids is 1. The highest BCUT2D eigenvalue weighted by molar-refractivity contribution is 7.98. The van der Waals surface area contributed by atoms with E-state index >= 15 is 0 Å². The number of hydrogen-bond acceptors (Lipinski definition) is 3. The van der Waals surface area contributed by atoms with Gasteiger partial charge in [-0.05, 0) is 24.0 Å². The Bertz CT molecular complexity index is 463. The summed E-state index contributed by atoms with van der Waals surface area (Å²) in [4.78, 5) is 11.5. The lowest BCUT2D eigenvalue weighted by Crippen LogP contribution is -2.22. The average Bonchev–Trinajstić information content (AvgIpc) is 2.44. The molecule has 0 saturated carbocycles. The Morgan fingerprint density at radius 1 is 1.47 bits per heavy atom. The molecule has 0 unspecified atom stereocenters. The molecule has 0 radical (unpaired) electrons. The molecule has 0 saturated heterocycles. The molecule has 1 aromatic carbocycles. The number of aliphatic hydroxyl groups excluding tert-OH is 1. The van der Waals surface area contributed by atoms with Gasteiger partial charge < -0.3 is 10.4 Å². The van der Waals surface area contributed by atoms with E-state index in [1.807, 2.05) is 30.5 Å². The average molecular weight is 277 g/mol. The third kappa shape index (κ3) is 6.90. The number of benzene rings is 1. The van der Waals surface area contributed by atoms with Crippen LogP contribution in [-0.4, -0.2) is 29.6 Å². The summed E-state index contributed by atoms with van der Waals surface area (Å²) >= 11 is 1.67. The molecule has 1 amide bonds. The molecule has 0 aliphatic rings. The monoisotopic (exact) mass is 277 g/mol. The predicted octanol–water partition coefficient (Wildman–Crippen LogP) is 1.79. The lowest BCUT2D eigenvalue weighted by atomic mass is 10.1. The number of thioether (sulfide) groups is 1. The molecular weight excluding hydrogens is 258 g/mol. The number of hydrogen-bond donors (Lipinski definition) is 2. The zero-order chi connectivity index (χ0) is 13.9. The molecule has 3 nitrogen and oxygen atoms in total. The zero-order valence-electron chi connectivity index (χ0n) is 11.1. The van der Waals surface area contributed by atoms with Crippen molar-refractivity contribution in [2.45, 2.75) is 19.4 Å². The Kier molecular flexibility index (Phi) is 7.80. The summed E-state index contributed by atoms with van der Waals surface area (Å²) in [5, 5.41) is 11.6. The largest absolute Gasteiger partial charge is 0.395 e. The van der Waals surface area contributed by atoms with Gasteiger partial charge in [0.25, 0.3) is 0 Å². The number of rotatable bonds is 6. The third-order valence-corrected chi connectivity index (χ3v) is 3.03. The van der Waals surface area contributed by atoms with Crippen LogP contribution in [0.1, 0.15) is 24.0 Å². The minimum absolute atomic E-state index is 0.0751. The molecule has 0 aromatic heterocycles. The number of carbonyl (C=O) groups is 1. The molecule has 2 N–H and O–H groups in total. The van der Waals surface area contributed by atoms with Crippen LogP contribution < -0.4 is 5.32 Å². The fourth-order valence-corrected chi connectivity index (χ4v) is 1.85. The summed E-state index contributed by atoms with van der Waals surface area (Å²) in [6.07, 6.45) is 3.02. The first-order valence-electron chi connectivity index (χ1n) is 6.20. The minimum atomic E-state index is 0.0751. The fourth-order valence-electron chi connectivity index (χ4n) is 1.46. The summed E-state index contributed by atoms with van der Waals surface area (Å²) in [7, 11) is 0. The standard InChI is InChI=1S/C15H19NO2S/c1-19-10-8-15(18)16-12-14-7-4-6-13(11-14)5-2-3-9-17/h4,6-7,11,17H,3,8-10,12H2,1H3,(H,16,18). The molecule has 19 heavy (non-hydrogen) atoms.